The first kappa shape index (κ1) is 10.0. The van der Waals surface area contributed by atoms with E-state index in [9.17, 15) is 4.21 Å². The molecule has 3 nitrogen and oxygen atoms in total. The maximum absolute atomic E-state index is 11.5. The fourth-order valence-corrected chi connectivity index (χ4v) is 3.35. The van der Waals surface area contributed by atoms with Gasteiger partial charge in [-0.15, -0.1) is 11.3 Å². The van der Waals surface area contributed by atoms with Gasteiger partial charge in [-0.2, -0.15) is 0 Å². The number of rotatable bonds is 2. The average molecular weight is 247 g/mol. The zero-order chi connectivity index (χ0) is 10.1. The Labute approximate surface area is 92.6 Å². The molecule has 0 N–H and O–H groups in total. The summed E-state index contributed by atoms with van der Waals surface area (Å²) in [7, 11) is -1.01. The highest BCUT2D eigenvalue weighted by Gasteiger charge is 2.09. The van der Waals surface area contributed by atoms with Crippen molar-refractivity contribution in [3.63, 3.8) is 0 Å². The lowest BCUT2D eigenvalue weighted by Gasteiger charge is -1.87. The van der Waals surface area contributed by atoms with Crippen molar-refractivity contribution in [2.24, 2.45) is 0 Å². The number of hydrogen-bond acceptors (Lipinski definition) is 4. The van der Waals surface area contributed by atoms with E-state index in [1.54, 1.807) is 12.3 Å². The van der Waals surface area contributed by atoms with Gasteiger partial charge < -0.3 is 0 Å². The second-order valence-corrected chi connectivity index (χ2v) is 5.97. The quantitative estimate of drug-likeness (QED) is 0.818. The minimum absolute atomic E-state index is 0.577. The predicted octanol–water partition coefficient (Wildman–Crippen LogP) is 2.47. The molecule has 6 heteroatoms. The van der Waals surface area contributed by atoms with Gasteiger partial charge >= 0.3 is 0 Å². The van der Waals surface area contributed by atoms with Crippen LogP contribution in [0.4, 0.5) is 0 Å². The third-order valence-corrected chi connectivity index (χ3v) is 4.46. The molecule has 74 valence electrons. The van der Waals surface area contributed by atoms with Crippen molar-refractivity contribution in [3.8, 4) is 0 Å². The molecule has 0 aliphatic carbocycles. The highest BCUT2D eigenvalue weighted by atomic mass is 35.5. The van der Waals surface area contributed by atoms with Gasteiger partial charge in [0.2, 0.25) is 0 Å². The van der Waals surface area contributed by atoms with E-state index in [-0.39, 0.29) is 0 Å². The third kappa shape index (κ3) is 1.80. The van der Waals surface area contributed by atoms with Gasteiger partial charge in [-0.1, -0.05) is 18.5 Å². The van der Waals surface area contributed by atoms with Crippen molar-refractivity contribution < 1.29 is 4.21 Å². The summed E-state index contributed by atoms with van der Waals surface area (Å²) in [5.74, 6) is 0.577. The molecule has 1 unspecified atom stereocenters. The van der Waals surface area contributed by atoms with Crippen LogP contribution < -0.4 is 0 Å². The summed E-state index contributed by atoms with van der Waals surface area (Å²) in [4.78, 5) is 8.22. The standard InChI is InChI=1S/C8H7ClN2OS2/c1-2-14(12)8-11-7-6(13-8)3-5(9)4-10-7/h3-4H,2H2,1H3. The highest BCUT2D eigenvalue weighted by molar-refractivity contribution is 7.87. The molecule has 0 amide bonds. The highest BCUT2D eigenvalue weighted by Crippen LogP contribution is 2.25. The minimum atomic E-state index is -1.01. The molecule has 2 aromatic rings. The van der Waals surface area contributed by atoms with Crippen molar-refractivity contribution in [2.75, 3.05) is 5.75 Å². The SMILES string of the molecule is CCS(=O)c1nc2ncc(Cl)cc2s1. The summed E-state index contributed by atoms with van der Waals surface area (Å²) >= 11 is 7.17. The van der Waals surface area contributed by atoms with Gasteiger partial charge in [-0.05, 0) is 6.07 Å². The Morgan fingerprint density at radius 2 is 2.43 bits per heavy atom. The number of halogens is 1. The summed E-state index contributed by atoms with van der Waals surface area (Å²) < 4.78 is 13.0. The number of aromatic nitrogens is 2. The van der Waals surface area contributed by atoms with Crippen LogP contribution in [-0.2, 0) is 10.8 Å². The molecule has 14 heavy (non-hydrogen) atoms. The number of hydrogen-bond donors (Lipinski definition) is 0. The van der Waals surface area contributed by atoms with E-state index in [1.807, 2.05) is 6.92 Å². The Morgan fingerprint density at radius 1 is 1.64 bits per heavy atom. The maximum Gasteiger partial charge on any atom is 0.183 e. The van der Waals surface area contributed by atoms with E-state index in [2.05, 4.69) is 9.97 Å². The van der Waals surface area contributed by atoms with Crippen LogP contribution in [0.3, 0.4) is 0 Å². The molecule has 0 aliphatic heterocycles. The van der Waals surface area contributed by atoms with Crippen LogP contribution in [0.5, 0.6) is 0 Å². The van der Waals surface area contributed by atoms with Crippen molar-refractivity contribution in [2.45, 2.75) is 11.3 Å². The molecule has 2 heterocycles. The Hall–Kier alpha value is -0.520. The van der Waals surface area contributed by atoms with E-state index >= 15 is 0 Å². The summed E-state index contributed by atoms with van der Waals surface area (Å²) in [6, 6.07) is 1.79. The number of thiazole rings is 1. The van der Waals surface area contributed by atoms with Crippen LogP contribution in [0.15, 0.2) is 16.6 Å². The molecule has 1 atom stereocenters. The first-order valence-electron chi connectivity index (χ1n) is 4.01. The summed E-state index contributed by atoms with van der Waals surface area (Å²) in [6.45, 7) is 1.86. The lowest BCUT2D eigenvalue weighted by Crippen LogP contribution is -1.91. The van der Waals surface area contributed by atoms with Gasteiger partial charge in [0.1, 0.15) is 0 Å². The Morgan fingerprint density at radius 3 is 3.14 bits per heavy atom. The van der Waals surface area contributed by atoms with Crippen molar-refractivity contribution in [1.82, 2.24) is 9.97 Å². The molecule has 2 rings (SSSR count). The van der Waals surface area contributed by atoms with Crippen molar-refractivity contribution in [1.29, 1.82) is 0 Å². The predicted molar refractivity (Wildman–Crippen MR) is 59.4 cm³/mol. The molecule has 0 saturated heterocycles. The summed E-state index contributed by atoms with van der Waals surface area (Å²) in [6.07, 6.45) is 1.54. The fourth-order valence-electron chi connectivity index (χ4n) is 0.997. The van der Waals surface area contributed by atoms with Gasteiger partial charge in [-0.3, -0.25) is 4.21 Å². The molecule has 0 radical (unpaired) electrons. The van der Waals surface area contributed by atoms with E-state index in [0.717, 1.165) is 4.70 Å². The maximum atomic E-state index is 11.5. The molecule has 0 aromatic carbocycles. The number of nitrogens with zero attached hydrogens (tertiary/aromatic N) is 2. The Bertz CT molecular complexity index is 497. The Balaban J connectivity index is 2.56. The molecule has 0 bridgehead atoms. The van der Waals surface area contributed by atoms with Crippen LogP contribution in [0.2, 0.25) is 5.02 Å². The Kier molecular flexibility index (Phi) is 2.80. The van der Waals surface area contributed by atoms with Crippen molar-refractivity contribution >= 4 is 44.1 Å². The van der Waals surface area contributed by atoms with Gasteiger partial charge in [0.15, 0.2) is 9.99 Å². The van der Waals surface area contributed by atoms with Crippen LogP contribution in [0, 0.1) is 0 Å². The van der Waals surface area contributed by atoms with E-state index < -0.39 is 10.8 Å². The van der Waals surface area contributed by atoms with Gasteiger partial charge in [0.25, 0.3) is 0 Å². The van der Waals surface area contributed by atoms with Crippen LogP contribution >= 0.6 is 22.9 Å². The normalized spacial score (nSPS) is 13.3. The van der Waals surface area contributed by atoms with E-state index in [4.69, 9.17) is 11.6 Å². The zero-order valence-electron chi connectivity index (χ0n) is 7.36. The largest absolute Gasteiger partial charge is 0.252 e. The zero-order valence-corrected chi connectivity index (χ0v) is 9.75. The molecule has 0 fully saturated rings. The monoisotopic (exact) mass is 246 g/mol. The van der Waals surface area contributed by atoms with E-state index in [1.165, 1.54) is 11.3 Å². The van der Waals surface area contributed by atoms with Gasteiger partial charge in [-0.25, -0.2) is 9.97 Å². The fraction of sp³-hybridized carbons (Fsp3) is 0.250. The lowest BCUT2D eigenvalue weighted by molar-refractivity contribution is 0.683. The molecule has 0 aliphatic rings. The first-order chi connectivity index (χ1) is 6.70. The summed E-state index contributed by atoms with van der Waals surface area (Å²) in [5, 5.41) is 0.579. The minimum Gasteiger partial charge on any atom is -0.252 e. The second-order valence-electron chi connectivity index (χ2n) is 2.59. The topological polar surface area (TPSA) is 42.9 Å². The number of pyridine rings is 1. The van der Waals surface area contributed by atoms with Crippen LogP contribution in [0.25, 0.3) is 10.3 Å². The van der Waals surface area contributed by atoms with E-state index in [0.29, 0.717) is 20.8 Å². The van der Waals surface area contributed by atoms with Gasteiger partial charge in [0.05, 0.1) is 20.5 Å². The van der Waals surface area contributed by atoms with Crippen molar-refractivity contribution in [3.05, 3.63) is 17.3 Å². The molecule has 0 spiro atoms. The molecular formula is C8H7ClN2OS2. The van der Waals surface area contributed by atoms with Gasteiger partial charge in [0, 0.05) is 11.9 Å². The first-order valence-corrected chi connectivity index (χ1v) is 6.52. The number of fused-ring (bicyclic) bond motifs is 1. The summed E-state index contributed by atoms with van der Waals surface area (Å²) in [5.41, 5.74) is 0.621. The lowest BCUT2D eigenvalue weighted by atomic mass is 10.5. The molecular weight excluding hydrogens is 240 g/mol. The molecule has 0 saturated carbocycles. The smallest absolute Gasteiger partial charge is 0.183 e. The second kappa shape index (κ2) is 3.92. The molecule has 2 aromatic heterocycles. The average Bonchev–Trinajstić information content (AvgIpc) is 2.59. The third-order valence-electron chi connectivity index (χ3n) is 1.65. The van der Waals surface area contributed by atoms with Crippen LogP contribution in [-0.4, -0.2) is 19.9 Å². The van der Waals surface area contributed by atoms with Crippen LogP contribution in [0.1, 0.15) is 6.92 Å².